The van der Waals surface area contributed by atoms with Crippen LogP contribution in [0.5, 0.6) is 0 Å². The van der Waals surface area contributed by atoms with Crippen LogP contribution >= 0.6 is 9.39 Å². The largest absolute Gasteiger partial charge is 0.456 e. The smallest absolute Gasteiger partial charge is 0.324 e. The average Bonchev–Trinajstić information content (AvgIpc) is 3.19. The fourth-order valence-electron chi connectivity index (χ4n) is 3.10. The van der Waals surface area contributed by atoms with Crippen LogP contribution in [0, 0.1) is 0 Å². The Hall–Kier alpha value is -2.36. The molecule has 1 aliphatic rings. The number of carbonyl (C=O) groups is 3. The quantitative estimate of drug-likeness (QED) is 0.395. The van der Waals surface area contributed by atoms with Gasteiger partial charge in [-0.2, -0.15) is 0 Å². The van der Waals surface area contributed by atoms with Crippen molar-refractivity contribution in [1.29, 1.82) is 0 Å². The first-order valence-electron chi connectivity index (χ1n) is 9.88. The van der Waals surface area contributed by atoms with Gasteiger partial charge in [-0.05, 0) is 30.9 Å². The molecule has 1 heterocycles. The average molecular weight is 413 g/mol. The van der Waals surface area contributed by atoms with Crippen molar-refractivity contribution in [2.45, 2.75) is 39.7 Å². The minimum Gasteiger partial charge on any atom is -0.456 e. The minimum absolute atomic E-state index is 0.0273. The van der Waals surface area contributed by atoms with Crippen LogP contribution in [-0.2, 0) is 9.53 Å². The van der Waals surface area contributed by atoms with Crippen LogP contribution in [0.4, 0.5) is 0 Å². The molecule has 3 rings (SSSR count). The van der Waals surface area contributed by atoms with Gasteiger partial charge in [0.15, 0.2) is 18.2 Å². The van der Waals surface area contributed by atoms with Gasteiger partial charge in [-0.15, -0.1) is 0 Å². The van der Waals surface area contributed by atoms with E-state index in [1.807, 2.05) is 42.8 Å². The lowest BCUT2D eigenvalue weighted by Crippen LogP contribution is -2.32. The van der Waals surface area contributed by atoms with E-state index in [0.29, 0.717) is 11.1 Å². The van der Waals surface area contributed by atoms with Crippen molar-refractivity contribution in [2.24, 2.45) is 0 Å². The summed E-state index contributed by atoms with van der Waals surface area (Å²) in [7, 11) is 2.53. The molecule has 0 bridgehead atoms. The van der Waals surface area contributed by atoms with Gasteiger partial charge in [0.05, 0.1) is 0 Å². The van der Waals surface area contributed by atoms with Crippen molar-refractivity contribution >= 4 is 26.9 Å². The Balaban J connectivity index is 0.00000145. The van der Waals surface area contributed by atoms with Crippen molar-refractivity contribution in [3.63, 3.8) is 0 Å². The Morgan fingerprint density at radius 2 is 1.48 bits per heavy atom. The molecule has 0 N–H and O–H groups in total. The lowest BCUT2D eigenvalue weighted by atomic mass is 10.0. The molecule has 0 spiro atoms. The van der Waals surface area contributed by atoms with Crippen LogP contribution in [0.25, 0.3) is 11.1 Å². The summed E-state index contributed by atoms with van der Waals surface area (Å²) < 4.78 is 7.06. The molecular weight excluding hydrogens is 385 g/mol. The third-order valence-corrected chi connectivity index (χ3v) is 5.36. The van der Waals surface area contributed by atoms with Gasteiger partial charge in [-0.3, -0.25) is 19.1 Å². The second kappa shape index (κ2) is 11.0. The predicted molar refractivity (Wildman–Crippen MR) is 118 cm³/mol. The lowest BCUT2D eigenvalue weighted by Gasteiger charge is -2.17. The van der Waals surface area contributed by atoms with Crippen LogP contribution in [-0.4, -0.2) is 41.4 Å². The topological polar surface area (TPSA) is 63.7 Å². The molecule has 1 aliphatic heterocycles. The number of carbonyl (C=O) groups excluding carboxylic acids is 3. The van der Waals surface area contributed by atoms with Crippen molar-refractivity contribution < 1.29 is 19.1 Å². The zero-order valence-electron chi connectivity index (χ0n) is 17.2. The molecule has 1 fully saturated rings. The van der Waals surface area contributed by atoms with Crippen LogP contribution in [0.15, 0.2) is 48.5 Å². The Kier molecular flexibility index (Phi) is 8.69. The number of benzene rings is 2. The highest BCUT2D eigenvalue weighted by molar-refractivity contribution is 7.13. The van der Waals surface area contributed by atoms with Crippen LogP contribution < -0.4 is 0 Å². The van der Waals surface area contributed by atoms with E-state index in [0.717, 1.165) is 30.5 Å². The molecule has 29 heavy (non-hydrogen) atoms. The molecule has 0 aliphatic carbocycles. The first-order chi connectivity index (χ1) is 14.0. The summed E-state index contributed by atoms with van der Waals surface area (Å²) in [4.78, 5) is 35.7. The molecule has 2 unspecified atom stereocenters. The van der Waals surface area contributed by atoms with E-state index in [1.54, 1.807) is 24.3 Å². The van der Waals surface area contributed by atoms with Crippen molar-refractivity contribution in [2.75, 3.05) is 13.2 Å². The Bertz CT molecular complexity index is 846. The maximum atomic E-state index is 12.3. The van der Waals surface area contributed by atoms with Crippen LogP contribution in [0.3, 0.4) is 0 Å². The third kappa shape index (κ3) is 6.06. The van der Waals surface area contributed by atoms with Crippen molar-refractivity contribution in [1.82, 2.24) is 4.67 Å². The van der Waals surface area contributed by atoms with Gasteiger partial charge in [0.1, 0.15) is 6.04 Å². The van der Waals surface area contributed by atoms with E-state index in [-0.39, 0.29) is 30.2 Å². The molecule has 0 amide bonds. The van der Waals surface area contributed by atoms with E-state index >= 15 is 0 Å². The minimum atomic E-state index is -0.349. The van der Waals surface area contributed by atoms with Gasteiger partial charge in [-0.1, -0.05) is 71.8 Å². The normalized spacial score (nSPS) is 15.9. The molecule has 154 valence electrons. The van der Waals surface area contributed by atoms with E-state index < -0.39 is 0 Å². The summed E-state index contributed by atoms with van der Waals surface area (Å²) in [5.74, 6) is -0.549. The summed E-state index contributed by atoms with van der Waals surface area (Å²) in [5.41, 5.74) is 3.08. The van der Waals surface area contributed by atoms with Crippen LogP contribution in [0.2, 0.25) is 0 Å². The molecule has 5 nitrogen and oxygen atoms in total. The lowest BCUT2D eigenvalue weighted by molar-refractivity contribution is -0.146. The van der Waals surface area contributed by atoms with Gasteiger partial charge in [0.25, 0.3) is 0 Å². The molecule has 0 saturated carbocycles. The second-order valence-corrected chi connectivity index (χ2v) is 7.30. The summed E-state index contributed by atoms with van der Waals surface area (Å²) in [6.45, 7) is 6.12. The second-order valence-electron chi connectivity index (χ2n) is 6.64. The number of ketones is 2. The third-order valence-electron chi connectivity index (χ3n) is 4.74. The first-order valence-corrected chi connectivity index (χ1v) is 10.4. The first kappa shape index (κ1) is 22.9. The summed E-state index contributed by atoms with van der Waals surface area (Å²) >= 11 is 0. The zero-order chi connectivity index (χ0) is 21.4. The van der Waals surface area contributed by atoms with Crippen molar-refractivity contribution in [3.8, 4) is 11.1 Å². The molecule has 0 aromatic heterocycles. The molecule has 0 radical (unpaired) electrons. The van der Waals surface area contributed by atoms with Gasteiger partial charge in [-0.25, -0.2) is 0 Å². The molecule has 6 heteroatoms. The molecule has 2 atom stereocenters. The molecule has 1 saturated heterocycles. The molecular formula is C23H28NO4P. The number of ether oxygens (including phenoxy) is 1. The van der Waals surface area contributed by atoms with Crippen molar-refractivity contribution in [3.05, 3.63) is 59.7 Å². The van der Waals surface area contributed by atoms with Gasteiger partial charge in [0, 0.05) is 17.7 Å². The summed E-state index contributed by atoms with van der Waals surface area (Å²) in [6, 6.07) is 14.2. The highest BCUT2D eigenvalue weighted by atomic mass is 31.0. The number of hydrogen-bond donors (Lipinski definition) is 0. The zero-order valence-corrected chi connectivity index (χ0v) is 18.3. The SMILES string of the molecule is CC.CC(=O)c1ccc(-c2ccc(C(=O)COC(=O)C3CCCN3P)cc2)cc1. The van der Waals surface area contributed by atoms with Crippen LogP contribution in [0.1, 0.15) is 54.3 Å². The van der Waals surface area contributed by atoms with E-state index in [4.69, 9.17) is 4.74 Å². The Morgan fingerprint density at radius 1 is 0.966 bits per heavy atom. The number of hydrogen-bond acceptors (Lipinski definition) is 5. The number of rotatable bonds is 6. The maximum absolute atomic E-state index is 12.3. The highest BCUT2D eigenvalue weighted by Crippen LogP contribution is 2.23. The standard InChI is InChI=1S/C21H22NO4P.C2H6/c1-14(23)15-4-6-16(7-5-15)17-8-10-18(11-9-17)20(24)13-26-21(25)19-3-2-12-22(19)27;1-2/h4-11,19H,2-3,12-13,27H2,1H3;1-2H3. The number of esters is 1. The van der Waals surface area contributed by atoms with Gasteiger partial charge >= 0.3 is 5.97 Å². The fourth-order valence-corrected chi connectivity index (χ4v) is 3.56. The summed E-state index contributed by atoms with van der Waals surface area (Å²) in [6.07, 6.45) is 1.71. The molecule has 2 aromatic rings. The Labute approximate surface area is 174 Å². The van der Waals surface area contributed by atoms with E-state index in [1.165, 1.54) is 6.92 Å². The Morgan fingerprint density at radius 3 is 1.93 bits per heavy atom. The summed E-state index contributed by atoms with van der Waals surface area (Å²) in [5, 5.41) is 0. The fraction of sp³-hybridized carbons (Fsp3) is 0.348. The highest BCUT2D eigenvalue weighted by Gasteiger charge is 2.29. The van der Waals surface area contributed by atoms with Gasteiger partial charge in [0.2, 0.25) is 0 Å². The van der Waals surface area contributed by atoms with Gasteiger partial charge < -0.3 is 4.74 Å². The number of Topliss-reactive ketones (excluding diaryl/α,β-unsaturated/α-hetero) is 2. The predicted octanol–water partition coefficient (Wildman–Crippen LogP) is 4.56. The molecule has 2 aromatic carbocycles. The van der Waals surface area contributed by atoms with E-state index in [9.17, 15) is 14.4 Å². The maximum Gasteiger partial charge on any atom is 0.324 e. The van der Waals surface area contributed by atoms with E-state index in [2.05, 4.69) is 9.39 Å². The monoisotopic (exact) mass is 413 g/mol. The number of nitrogens with zero attached hydrogens (tertiary/aromatic N) is 1.